The van der Waals surface area contributed by atoms with Crippen LogP contribution >= 0.6 is 11.3 Å². The number of nitrogens with zero attached hydrogens (tertiary/aromatic N) is 5. The minimum atomic E-state index is -0.122. The molecule has 1 N–H and O–H groups in total. The second-order valence-corrected chi connectivity index (χ2v) is 4.45. The molecular weight excluding hydrogens is 252 g/mol. The molecule has 0 atom stereocenters. The molecule has 0 aliphatic rings. The van der Waals surface area contributed by atoms with Crippen LogP contribution in [0.15, 0.2) is 23.5 Å². The van der Waals surface area contributed by atoms with E-state index in [2.05, 4.69) is 20.4 Å². The number of aromatic nitrogens is 4. The highest BCUT2D eigenvalue weighted by atomic mass is 32.1. The Morgan fingerprint density at radius 2 is 2.50 bits per heavy atom. The number of carbonyl (C=O) groups excluding carboxylic acids is 1. The molecule has 18 heavy (non-hydrogen) atoms. The Morgan fingerprint density at radius 1 is 1.61 bits per heavy atom. The molecule has 0 fully saturated rings. The minimum Gasteiger partial charge on any atom is -0.336 e. The molecule has 0 bridgehead atoms. The fraction of sp³-hybridized carbons (Fsp3) is 0.400. The molecule has 2 aromatic rings. The number of thiazole rings is 1. The molecule has 8 heteroatoms. The average Bonchev–Trinajstić information content (AvgIpc) is 3.01. The predicted octanol–water partition coefficient (Wildman–Crippen LogP) is 0.576. The molecule has 7 nitrogen and oxygen atoms in total. The number of amides is 2. The normalized spacial score (nSPS) is 10.3. The second kappa shape index (κ2) is 6.10. The van der Waals surface area contributed by atoms with Gasteiger partial charge in [-0.25, -0.2) is 14.8 Å². The van der Waals surface area contributed by atoms with Crippen molar-refractivity contribution < 1.29 is 4.79 Å². The van der Waals surface area contributed by atoms with Crippen molar-refractivity contribution in [1.82, 2.24) is 30.0 Å². The Balaban J connectivity index is 1.70. The van der Waals surface area contributed by atoms with Gasteiger partial charge in [-0.05, 0) is 0 Å². The summed E-state index contributed by atoms with van der Waals surface area (Å²) >= 11 is 1.52. The minimum absolute atomic E-state index is 0.122. The summed E-state index contributed by atoms with van der Waals surface area (Å²) in [5, 5.41) is 8.69. The second-order valence-electron chi connectivity index (χ2n) is 3.73. The van der Waals surface area contributed by atoms with Crippen LogP contribution in [-0.4, -0.2) is 44.3 Å². The number of hydrogen-bond acceptors (Lipinski definition) is 5. The van der Waals surface area contributed by atoms with E-state index in [0.717, 1.165) is 5.69 Å². The van der Waals surface area contributed by atoms with Crippen LogP contribution < -0.4 is 5.32 Å². The van der Waals surface area contributed by atoms with Gasteiger partial charge in [0.15, 0.2) is 0 Å². The van der Waals surface area contributed by atoms with Gasteiger partial charge in [0.2, 0.25) is 0 Å². The number of urea groups is 1. The Bertz CT molecular complexity index is 469. The zero-order valence-corrected chi connectivity index (χ0v) is 10.8. The van der Waals surface area contributed by atoms with Crippen molar-refractivity contribution in [3.05, 3.63) is 29.2 Å². The molecule has 0 saturated heterocycles. The largest absolute Gasteiger partial charge is 0.336 e. The molecule has 0 radical (unpaired) electrons. The lowest BCUT2D eigenvalue weighted by molar-refractivity contribution is 0.206. The predicted molar refractivity (Wildman–Crippen MR) is 67.0 cm³/mol. The smallest absolute Gasteiger partial charge is 0.317 e. The molecule has 0 saturated carbocycles. The van der Waals surface area contributed by atoms with Gasteiger partial charge in [-0.3, -0.25) is 4.68 Å². The van der Waals surface area contributed by atoms with Crippen molar-refractivity contribution in [1.29, 1.82) is 0 Å². The van der Waals surface area contributed by atoms with Crippen molar-refractivity contribution in [2.45, 2.75) is 13.1 Å². The SMILES string of the molecule is CN(Cc1cscn1)C(=O)NCCn1cncn1. The van der Waals surface area contributed by atoms with Gasteiger partial charge in [0.1, 0.15) is 12.7 Å². The molecule has 2 aromatic heterocycles. The number of nitrogens with one attached hydrogen (secondary N) is 1. The lowest BCUT2D eigenvalue weighted by Gasteiger charge is -2.16. The van der Waals surface area contributed by atoms with Crippen LogP contribution in [-0.2, 0) is 13.1 Å². The lowest BCUT2D eigenvalue weighted by Crippen LogP contribution is -2.38. The van der Waals surface area contributed by atoms with E-state index in [9.17, 15) is 4.79 Å². The Hall–Kier alpha value is -1.96. The zero-order valence-electron chi connectivity index (χ0n) is 9.98. The number of hydrogen-bond donors (Lipinski definition) is 1. The van der Waals surface area contributed by atoms with E-state index >= 15 is 0 Å². The highest BCUT2D eigenvalue weighted by Gasteiger charge is 2.09. The first-order valence-electron chi connectivity index (χ1n) is 5.44. The lowest BCUT2D eigenvalue weighted by atomic mass is 10.4. The quantitative estimate of drug-likeness (QED) is 0.858. The summed E-state index contributed by atoms with van der Waals surface area (Å²) in [6.45, 7) is 1.64. The first-order chi connectivity index (χ1) is 8.75. The monoisotopic (exact) mass is 266 g/mol. The maximum atomic E-state index is 11.7. The summed E-state index contributed by atoms with van der Waals surface area (Å²) in [5.74, 6) is 0. The Kier molecular flexibility index (Phi) is 4.24. The van der Waals surface area contributed by atoms with Crippen LogP contribution in [0.4, 0.5) is 4.79 Å². The van der Waals surface area contributed by atoms with Crippen molar-refractivity contribution in [3.8, 4) is 0 Å². The molecule has 2 amide bonds. The highest BCUT2D eigenvalue weighted by molar-refractivity contribution is 7.07. The van der Waals surface area contributed by atoms with Crippen LogP contribution in [0.3, 0.4) is 0 Å². The van der Waals surface area contributed by atoms with Gasteiger partial charge in [-0.15, -0.1) is 11.3 Å². The van der Waals surface area contributed by atoms with Crippen LogP contribution in [0.5, 0.6) is 0 Å². The van der Waals surface area contributed by atoms with Gasteiger partial charge in [0, 0.05) is 19.0 Å². The maximum Gasteiger partial charge on any atom is 0.317 e. The van der Waals surface area contributed by atoms with Gasteiger partial charge < -0.3 is 10.2 Å². The molecule has 0 aliphatic heterocycles. The topological polar surface area (TPSA) is 75.9 Å². The summed E-state index contributed by atoms with van der Waals surface area (Å²) in [4.78, 5) is 21.3. The molecule has 0 spiro atoms. The highest BCUT2D eigenvalue weighted by Crippen LogP contribution is 2.03. The van der Waals surface area contributed by atoms with Crippen molar-refractivity contribution in [2.24, 2.45) is 0 Å². The van der Waals surface area contributed by atoms with E-state index in [0.29, 0.717) is 19.6 Å². The van der Waals surface area contributed by atoms with Gasteiger partial charge in [-0.1, -0.05) is 0 Å². The van der Waals surface area contributed by atoms with E-state index in [4.69, 9.17) is 0 Å². The fourth-order valence-electron chi connectivity index (χ4n) is 1.39. The summed E-state index contributed by atoms with van der Waals surface area (Å²) in [7, 11) is 1.74. The summed E-state index contributed by atoms with van der Waals surface area (Å²) < 4.78 is 1.67. The zero-order chi connectivity index (χ0) is 12.8. The molecule has 2 rings (SSSR count). The standard InChI is InChI=1S/C10H14N6OS/c1-15(4-9-5-18-8-13-9)10(17)12-2-3-16-7-11-6-14-16/h5-8H,2-4H2,1H3,(H,12,17). The van der Waals surface area contributed by atoms with Gasteiger partial charge in [0.05, 0.1) is 24.3 Å². The Labute approximate surface area is 108 Å². The Morgan fingerprint density at radius 3 is 3.17 bits per heavy atom. The maximum absolute atomic E-state index is 11.7. The van der Waals surface area contributed by atoms with E-state index in [-0.39, 0.29) is 6.03 Å². The number of carbonyl (C=O) groups is 1. The van der Waals surface area contributed by atoms with Gasteiger partial charge >= 0.3 is 6.03 Å². The third-order valence-corrected chi connectivity index (χ3v) is 2.95. The van der Waals surface area contributed by atoms with E-state index in [1.807, 2.05) is 5.38 Å². The number of rotatable bonds is 5. The third kappa shape index (κ3) is 3.52. The molecular formula is C10H14N6OS. The van der Waals surface area contributed by atoms with Crippen LogP contribution in [0, 0.1) is 0 Å². The van der Waals surface area contributed by atoms with Crippen LogP contribution in [0.2, 0.25) is 0 Å². The van der Waals surface area contributed by atoms with Crippen LogP contribution in [0.1, 0.15) is 5.69 Å². The first kappa shape index (κ1) is 12.5. The molecule has 96 valence electrons. The molecule has 0 aliphatic carbocycles. The van der Waals surface area contributed by atoms with Gasteiger partial charge in [0.25, 0.3) is 0 Å². The fourth-order valence-corrected chi connectivity index (χ4v) is 1.94. The van der Waals surface area contributed by atoms with Crippen molar-refractivity contribution in [2.75, 3.05) is 13.6 Å². The summed E-state index contributed by atoms with van der Waals surface area (Å²) in [6.07, 6.45) is 3.08. The summed E-state index contributed by atoms with van der Waals surface area (Å²) in [5.41, 5.74) is 2.65. The molecule has 2 heterocycles. The van der Waals surface area contributed by atoms with Crippen molar-refractivity contribution >= 4 is 17.4 Å². The third-order valence-electron chi connectivity index (χ3n) is 2.31. The van der Waals surface area contributed by atoms with E-state index in [1.165, 1.54) is 17.7 Å². The average molecular weight is 266 g/mol. The van der Waals surface area contributed by atoms with Crippen molar-refractivity contribution in [3.63, 3.8) is 0 Å². The molecule has 0 unspecified atom stereocenters. The van der Waals surface area contributed by atoms with Gasteiger partial charge in [-0.2, -0.15) is 5.10 Å². The summed E-state index contributed by atoms with van der Waals surface area (Å²) in [6, 6.07) is -0.122. The van der Waals surface area contributed by atoms with E-state index < -0.39 is 0 Å². The first-order valence-corrected chi connectivity index (χ1v) is 6.38. The molecule has 0 aromatic carbocycles. The van der Waals surface area contributed by atoms with E-state index in [1.54, 1.807) is 28.5 Å². The van der Waals surface area contributed by atoms with Crippen LogP contribution in [0.25, 0.3) is 0 Å².